The molecular weight excluding hydrogens is 346 g/mol. The van der Waals surface area contributed by atoms with E-state index < -0.39 is 5.97 Å². The number of hydrogen-bond donors (Lipinski definition) is 0. The third kappa shape index (κ3) is 3.63. The molecule has 0 radical (unpaired) electrons. The zero-order valence-electron chi connectivity index (χ0n) is 16.7. The molecule has 0 unspecified atom stereocenters. The van der Waals surface area contributed by atoms with E-state index in [-0.39, 0.29) is 23.7 Å². The molecule has 1 aliphatic rings. The molecule has 2 aromatic rings. The van der Waals surface area contributed by atoms with Crippen molar-refractivity contribution in [1.29, 1.82) is 0 Å². The third-order valence-corrected chi connectivity index (χ3v) is 5.22. The van der Waals surface area contributed by atoms with Gasteiger partial charge in [0.15, 0.2) is 5.69 Å². The topological polar surface area (TPSA) is 73.1 Å². The van der Waals surface area contributed by atoms with Crippen molar-refractivity contribution < 1.29 is 19.1 Å². The van der Waals surface area contributed by atoms with E-state index in [4.69, 9.17) is 9.47 Å². The number of esters is 2. The Morgan fingerprint density at radius 1 is 1.22 bits per heavy atom. The highest BCUT2D eigenvalue weighted by Crippen LogP contribution is 2.35. The molecule has 3 rings (SSSR count). The van der Waals surface area contributed by atoms with Gasteiger partial charge in [-0.25, -0.2) is 14.6 Å². The molecule has 1 aliphatic heterocycles. The van der Waals surface area contributed by atoms with Crippen LogP contribution in [0.25, 0.3) is 5.65 Å². The predicted octanol–water partition coefficient (Wildman–Crippen LogP) is 3.23. The number of aryl methyl sites for hydroxylation is 1. The minimum Gasteiger partial charge on any atom is -0.465 e. The maximum absolute atomic E-state index is 12.5. The average Bonchev–Trinajstić information content (AvgIpc) is 3.04. The van der Waals surface area contributed by atoms with E-state index in [1.807, 2.05) is 11.3 Å². The molecule has 27 heavy (non-hydrogen) atoms. The molecule has 1 fully saturated rings. The van der Waals surface area contributed by atoms with Gasteiger partial charge in [0.25, 0.3) is 0 Å². The molecule has 0 N–H and O–H groups in total. The second-order valence-corrected chi connectivity index (χ2v) is 7.74. The van der Waals surface area contributed by atoms with Gasteiger partial charge in [-0.15, -0.1) is 0 Å². The lowest BCUT2D eigenvalue weighted by Crippen LogP contribution is -2.39. The Labute approximate surface area is 159 Å². The number of ether oxygens (including phenoxy) is 2. The number of aromatic nitrogens is 2. The number of methoxy groups -OCH3 is 1. The van der Waals surface area contributed by atoms with Crippen LogP contribution in [0.15, 0.2) is 12.3 Å². The number of imidazole rings is 1. The number of fused-ring (bicyclic) bond motifs is 1. The number of hydrogen-bond acceptors (Lipinski definition) is 6. The van der Waals surface area contributed by atoms with Crippen LogP contribution in [-0.4, -0.2) is 48.1 Å². The molecule has 0 aliphatic carbocycles. The summed E-state index contributed by atoms with van der Waals surface area (Å²) >= 11 is 0. The highest BCUT2D eigenvalue weighted by Gasteiger charge is 2.31. The molecule has 0 saturated carbocycles. The van der Waals surface area contributed by atoms with Crippen molar-refractivity contribution >= 4 is 23.4 Å². The number of rotatable bonds is 4. The molecular formula is C20H27N3O4. The van der Waals surface area contributed by atoms with Gasteiger partial charge in [0.1, 0.15) is 17.0 Å². The van der Waals surface area contributed by atoms with E-state index in [2.05, 4.69) is 23.7 Å². The monoisotopic (exact) mass is 373 g/mol. The maximum atomic E-state index is 12.5. The summed E-state index contributed by atoms with van der Waals surface area (Å²) in [5, 5.41) is 0. The average molecular weight is 373 g/mol. The van der Waals surface area contributed by atoms with Crippen LogP contribution in [0, 0.1) is 12.3 Å². The van der Waals surface area contributed by atoms with Gasteiger partial charge >= 0.3 is 11.9 Å². The summed E-state index contributed by atoms with van der Waals surface area (Å²) in [5.74, 6) is -0.125. The highest BCUT2D eigenvalue weighted by atomic mass is 16.5. The minimum absolute atomic E-state index is 0.233. The normalized spacial score (nSPS) is 16.4. The van der Waals surface area contributed by atoms with Gasteiger partial charge in [-0.05, 0) is 43.7 Å². The van der Waals surface area contributed by atoms with Gasteiger partial charge in [-0.1, -0.05) is 13.8 Å². The van der Waals surface area contributed by atoms with E-state index in [1.54, 1.807) is 19.2 Å². The van der Waals surface area contributed by atoms with Crippen LogP contribution in [0.4, 0.5) is 5.82 Å². The van der Waals surface area contributed by atoms with Crippen molar-refractivity contribution in [3.63, 3.8) is 0 Å². The van der Waals surface area contributed by atoms with E-state index >= 15 is 0 Å². The van der Waals surface area contributed by atoms with Crippen molar-refractivity contribution in [2.75, 3.05) is 31.7 Å². The Bertz CT molecular complexity index is 875. The quantitative estimate of drug-likeness (QED) is 0.766. The lowest BCUT2D eigenvalue weighted by Gasteiger charge is -2.39. The fraction of sp³-hybridized carbons (Fsp3) is 0.550. The van der Waals surface area contributed by atoms with Crippen LogP contribution in [0.2, 0.25) is 0 Å². The van der Waals surface area contributed by atoms with Crippen molar-refractivity contribution in [3.05, 3.63) is 29.1 Å². The first kappa shape index (κ1) is 19.2. The predicted molar refractivity (Wildman–Crippen MR) is 102 cm³/mol. The van der Waals surface area contributed by atoms with Crippen molar-refractivity contribution in [3.8, 4) is 0 Å². The molecule has 0 atom stereocenters. The molecule has 7 heteroatoms. The zero-order chi connectivity index (χ0) is 19.8. The summed E-state index contributed by atoms with van der Waals surface area (Å²) in [5.41, 5.74) is 2.41. The van der Waals surface area contributed by atoms with Gasteiger partial charge in [-0.3, -0.25) is 4.40 Å². The van der Waals surface area contributed by atoms with Crippen molar-refractivity contribution in [2.45, 2.75) is 40.5 Å². The van der Waals surface area contributed by atoms with Gasteiger partial charge in [0.05, 0.1) is 13.7 Å². The second-order valence-electron chi connectivity index (χ2n) is 7.74. The number of piperidine rings is 1. The van der Waals surface area contributed by atoms with Crippen LogP contribution < -0.4 is 4.90 Å². The molecule has 0 bridgehead atoms. The first-order valence-corrected chi connectivity index (χ1v) is 9.30. The maximum Gasteiger partial charge on any atom is 0.358 e. The number of anilines is 1. The fourth-order valence-corrected chi connectivity index (χ4v) is 3.52. The summed E-state index contributed by atoms with van der Waals surface area (Å²) in [7, 11) is 1.38. The van der Waals surface area contributed by atoms with E-state index in [0.29, 0.717) is 11.2 Å². The lowest BCUT2D eigenvalue weighted by atomic mass is 9.82. The summed E-state index contributed by atoms with van der Waals surface area (Å²) in [6.45, 7) is 10.1. The van der Waals surface area contributed by atoms with Crippen LogP contribution in [0.3, 0.4) is 0 Å². The van der Waals surface area contributed by atoms with Gasteiger partial charge in [-0.2, -0.15) is 0 Å². The Kier molecular flexibility index (Phi) is 5.13. The summed E-state index contributed by atoms with van der Waals surface area (Å²) < 4.78 is 11.9. The molecule has 2 aromatic heterocycles. The summed E-state index contributed by atoms with van der Waals surface area (Å²) in [6.07, 6.45) is 3.68. The molecule has 0 amide bonds. The highest BCUT2D eigenvalue weighted by molar-refractivity contribution is 5.98. The minimum atomic E-state index is -0.468. The summed E-state index contributed by atoms with van der Waals surface area (Å²) in [4.78, 5) is 31.3. The van der Waals surface area contributed by atoms with Crippen LogP contribution >= 0.6 is 0 Å². The van der Waals surface area contributed by atoms with Gasteiger partial charge < -0.3 is 14.4 Å². The first-order valence-electron chi connectivity index (χ1n) is 9.30. The van der Waals surface area contributed by atoms with E-state index in [9.17, 15) is 9.59 Å². The molecule has 0 spiro atoms. The second kappa shape index (κ2) is 7.21. The van der Waals surface area contributed by atoms with Crippen LogP contribution in [-0.2, 0) is 9.47 Å². The van der Waals surface area contributed by atoms with Crippen molar-refractivity contribution in [1.82, 2.24) is 9.38 Å². The van der Waals surface area contributed by atoms with E-state index in [0.717, 1.165) is 37.3 Å². The Morgan fingerprint density at radius 3 is 2.48 bits per heavy atom. The Hall–Kier alpha value is -2.57. The Balaban J connectivity index is 2.16. The van der Waals surface area contributed by atoms with E-state index in [1.165, 1.54) is 7.11 Å². The summed E-state index contributed by atoms with van der Waals surface area (Å²) in [6, 6.07) is 1.80. The lowest BCUT2D eigenvalue weighted by molar-refractivity contribution is 0.0519. The number of nitrogens with zero attached hydrogens (tertiary/aromatic N) is 3. The van der Waals surface area contributed by atoms with Gasteiger partial charge in [0.2, 0.25) is 0 Å². The smallest absolute Gasteiger partial charge is 0.358 e. The van der Waals surface area contributed by atoms with Crippen LogP contribution in [0.5, 0.6) is 0 Å². The molecule has 146 valence electrons. The molecule has 0 aromatic carbocycles. The SMILES string of the molecule is CCOC(=O)c1cn2c(N3CCC(C)(C)CC3)c(C(=O)OC)c(C)cc2n1. The zero-order valence-corrected chi connectivity index (χ0v) is 16.7. The van der Waals surface area contributed by atoms with Crippen LogP contribution in [0.1, 0.15) is 60.0 Å². The van der Waals surface area contributed by atoms with Crippen molar-refractivity contribution in [2.24, 2.45) is 5.41 Å². The standard InChI is InChI=1S/C20H27N3O4/c1-6-27-18(24)14-12-23-15(21-14)11-13(2)16(19(25)26-5)17(23)22-9-7-20(3,4)8-10-22/h11-12H,6-10H2,1-5H3. The fourth-order valence-electron chi connectivity index (χ4n) is 3.52. The molecule has 3 heterocycles. The molecule has 1 saturated heterocycles. The number of carbonyl (C=O) groups excluding carboxylic acids is 2. The Morgan fingerprint density at radius 2 is 1.89 bits per heavy atom. The number of pyridine rings is 1. The third-order valence-electron chi connectivity index (χ3n) is 5.22. The first-order chi connectivity index (χ1) is 12.8. The number of carbonyl (C=O) groups is 2. The van der Waals surface area contributed by atoms with Gasteiger partial charge in [0, 0.05) is 19.3 Å². The largest absolute Gasteiger partial charge is 0.465 e. The molecule has 7 nitrogen and oxygen atoms in total.